The number of carboxylic acids is 1. The third-order valence-electron chi connectivity index (χ3n) is 2.66. The molecule has 0 radical (unpaired) electrons. The van der Waals surface area contributed by atoms with Gasteiger partial charge in [0.05, 0.1) is 0 Å². The lowest BCUT2D eigenvalue weighted by Crippen LogP contribution is -2.31. The molecule has 102 valence electrons. The fourth-order valence-corrected chi connectivity index (χ4v) is 2.61. The van der Waals surface area contributed by atoms with Crippen molar-refractivity contribution in [2.45, 2.75) is 19.9 Å². The van der Waals surface area contributed by atoms with Gasteiger partial charge in [0.15, 0.2) is 0 Å². The Balaban J connectivity index is 2.55. The summed E-state index contributed by atoms with van der Waals surface area (Å²) in [6, 6.07) is 3.62. The Bertz CT molecular complexity index is 377. The van der Waals surface area contributed by atoms with Crippen LogP contribution in [0.5, 0.6) is 0 Å². The van der Waals surface area contributed by atoms with E-state index in [0.29, 0.717) is 4.88 Å². The minimum absolute atomic E-state index is 0.425. The Labute approximate surface area is 113 Å². The second kappa shape index (κ2) is 7.51. The largest absolute Gasteiger partial charge is 0.477 e. The van der Waals surface area contributed by atoms with Gasteiger partial charge < -0.3 is 10.0 Å². The van der Waals surface area contributed by atoms with E-state index < -0.39 is 5.97 Å². The number of rotatable bonds is 8. The summed E-state index contributed by atoms with van der Waals surface area (Å²) in [7, 11) is 4.13. The van der Waals surface area contributed by atoms with E-state index in [1.54, 1.807) is 6.07 Å². The smallest absolute Gasteiger partial charge is 0.345 e. The van der Waals surface area contributed by atoms with Gasteiger partial charge in [0.25, 0.3) is 0 Å². The summed E-state index contributed by atoms with van der Waals surface area (Å²) in [6.45, 7) is 6.10. The summed E-state index contributed by atoms with van der Waals surface area (Å²) >= 11 is 1.37. The Kier molecular flexibility index (Phi) is 6.32. The van der Waals surface area contributed by atoms with Gasteiger partial charge in [0, 0.05) is 24.5 Å². The maximum atomic E-state index is 10.8. The average molecular weight is 270 g/mol. The zero-order valence-corrected chi connectivity index (χ0v) is 12.2. The van der Waals surface area contributed by atoms with Crippen molar-refractivity contribution in [3.63, 3.8) is 0 Å². The van der Waals surface area contributed by atoms with E-state index >= 15 is 0 Å². The van der Waals surface area contributed by atoms with Crippen LogP contribution in [0.1, 0.15) is 27.9 Å². The number of hydrogen-bond acceptors (Lipinski definition) is 4. The van der Waals surface area contributed by atoms with Crippen molar-refractivity contribution < 1.29 is 9.90 Å². The first-order chi connectivity index (χ1) is 8.52. The Morgan fingerprint density at radius 1 is 1.28 bits per heavy atom. The first kappa shape index (κ1) is 15.1. The zero-order valence-electron chi connectivity index (χ0n) is 11.3. The van der Waals surface area contributed by atoms with E-state index in [1.165, 1.54) is 11.3 Å². The van der Waals surface area contributed by atoms with Crippen LogP contribution < -0.4 is 0 Å². The Morgan fingerprint density at radius 2 is 2.00 bits per heavy atom. The highest BCUT2D eigenvalue weighted by Crippen LogP contribution is 2.18. The maximum absolute atomic E-state index is 10.8. The van der Waals surface area contributed by atoms with Gasteiger partial charge in [-0.15, -0.1) is 11.3 Å². The van der Waals surface area contributed by atoms with Crippen molar-refractivity contribution in [3.8, 4) is 0 Å². The molecule has 0 aliphatic heterocycles. The maximum Gasteiger partial charge on any atom is 0.345 e. The third-order valence-corrected chi connectivity index (χ3v) is 3.71. The number of carboxylic acid groups (broad SMARTS) is 1. The van der Waals surface area contributed by atoms with E-state index in [-0.39, 0.29) is 0 Å². The van der Waals surface area contributed by atoms with Crippen LogP contribution in [0.15, 0.2) is 12.1 Å². The van der Waals surface area contributed by atoms with Crippen LogP contribution in [-0.4, -0.2) is 54.6 Å². The molecule has 4 nitrogen and oxygen atoms in total. The van der Waals surface area contributed by atoms with Gasteiger partial charge in [-0.3, -0.25) is 4.90 Å². The SMILES string of the molecule is CCCN(CCN(C)C)Cc1ccc(C(=O)O)s1. The minimum atomic E-state index is -0.832. The number of thiophene rings is 1. The van der Waals surface area contributed by atoms with Gasteiger partial charge in [0.2, 0.25) is 0 Å². The standard InChI is InChI=1S/C13H22N2O2S/c1-4-7-15(9-8-14(2)3)10-11-5-6-12(18-11)13(16)17/h5-6H,4,7-10H2,1-3H3,(H,16,17). The van der Waals surface area contributed by atoms with Gasteiger partial charge in [-0.05, 0) is 39.2 Å². The van der Waals surface area contributed by atoms with Crippen LogP contribution in [0.25, 0.3) is 0 Å². The molecule has 0 aliphatic rings. The van der Waals surface area contributed by atoms with Crippen LogP contribution in [0.2, 0.25) is 0 Å². The van der Waals surface area contributed by atoms with E-state index in [1.807, 2.05) is 6.07 Å². The molecule has 1 aromatic heterocycles. The average Bonchev–Trinajstić information content (AvgIpc) is 2.75. The van der Waals surface area contributed by atoms with Gasteiger partial charge in [-0.1, -0.05) is 6.92 Å². The fraction of sp³-hybridized carbons (Fsp3) is 0.615. The van der Waals surface area contributed by atoms with Crippen molar-refractivity contribution in [1.29, 1.82) is 0 Å². The molecule has 0 atom stereocenters. The number of hydrogen-bond donors (Lipinski definition) is 1. The lowest BCUT2D eigenvalue weighted by molar-refractivity contribution is 0.0702. The molecular formula is C13H22N2O2S. The molecule has 5 heteroatoms. The molecule has 0 aromatic carbocycles. The lowest BCUT2D eigenvalue weighted by Gasteiger charge is -2.22. The van der Waals surface area contributed by atoms with Crippen LogP contribution in [0, 0.1) is 0 Å². The molecule has 1 heterocycles. The first-order valence-corrected chi connectivity index (χ1v) is 7.03. The fourth-order valence-electron chi connectivity index (χ4n) is 1.73. The molecule has 1 aromatic rings. The van der Waals surface area contributed by atoms with E-state index in [2.05, 4.69) is 30.8 Å². The molecule has 0 amide bonds. The van der Waals surface area contributed by atoms with E-state index in [0.717, 1.165) is 37.5 Å². The molecule has 1 rings (SSSR count). The molecule has 0 saturated carbocycles. The van der Waals surface area contributed by atoms with Crippen LogP contribution >= 0.6 is 11.3 Å². The second-order valence-corrected chi connectivity index (χ2v) is 5.82. The van der Waals surface area contributed by atoms with Gasteiger partial charge in [-0.25, -0.2) is 4.79 Å². The summed E-state index contributed by atoms with van der Waals surface area (Å²) in [4.78, 5) is 16.9. The van der Waals surface area contributed by atoms with Crippen molar-refractivity contribution in [2.24, 2.45) is 0 Å². The summed E-state index contributed by atoms with van der Waals surface area (Å²) in [5.74, 6) is -0.832. The molecule has 0 aliphatic carbocycles. The second-order valence-electron chi connectivity index (χ2n) is 4.65. The van der Waals surface area contributed by atoms with Crippen molar-refractivity contribution in [2.75, 3.05) is 33.7 Å². The number of nitrogens with zero attached hydrogens (tertiary/aromatic N) is 2. The summed E-state index contributed by atoms with van der Waals surface area (Å²) in [5.41, 5.74) is 0. The molecule has 0 fully saturated rings. The van der Waals surface area contributed by atoms with Crippen molar-refractivity contribution >= 4 is 17.3 Å². The zero-order chi connectivity index (χ0) is 13.5. The van der Waals surface area contributed by atoms with Crippen molar-refractivity contribution in [1.82, 2.24) is 9.80 Å². The van der Waals surface area contributed by atoms with Crippen LogP contribution in [0.4, 0.5) is 0 Å². The highest BCUT2D eigenvalue weighted by Gasteiger charge is 2.10. The highest BCUT2D eigenvalue weighted by molar-refractivity contribution is 7.13. The van der Waals surface area contributed by atoms with Gasteiger partial charge >= 0.3 is 5.97 Å². The molecule has 1 N–H and O–H groups in total. The highest BCUT2D eigenvalue weighted by atomic mass is 32.1. The normalized spacial score (nSPS) is 11.4. The summed E-state index contributed by atoms with van der Waals surface area (Å²) < 4.78 is 0. The monoisotopic (exact) mass is 270 g/mol. The Hall–Kier alpha value is -0.910. The summed E-state index contributed by atoms with van der Waals surface area (Å²) in [5, 5.41) is 8.90. The van der Waals surface area contributed by atoms with Crippen LogP contribution in [-0.2, 0) is 6.54 Å². The van der Waals surface area contributed by atoms with E-state index in [4.69, 9.17) is 5.11 Å². The predicted molar refractivity (Wildman–Crippen MR) is 75.4 cm³/mol. The summed E-state index contributed by atoms with van der Waals surface area (Å²) in [6.07, 6.45) is 1.12. The molecule has 0 spiro atoms. The lowest BCUT2D eigenvalue weighted by atomic mass is 10.3. The molecular weight excluding hydrogens is 248 g/mol. The quantitative estimate of drug-likeness (QED) is 0.786. The number of likely N-dealkylation sites (N-methyl/N-ethyl adjacent to an activating group) is 1. The Morgan fingerprint density at radius 3 is 2.50 bits per heavy atom. The first-order valence-electron chi connectivity index (χ1n) is 6.22. The molecule has 0 unspecified atom stereocenters. The van der Waals surface area contributed by atoms with Crippen molar-refractivity contribution in [3.05, 3.63) is 21.9 Å². The number of aromatic carboxylic acids is 1. The van der Waals surface area contributed by atoms with Gasteiger partial charge in [0.1, 0.15) is 4.88 Å². The molecule has 0 bridgehead atoms. The molecule has 18 heavy (non-hydrogen) atoms. The molecule has 0 saturated heterocycles. The topological polar surface area (TPSA) is 43.8 Å². The third kappa shape index (κ3) is 5.16. The predicted octanol–water partition coefficient (Wildman–Crippen LogP) is 2.22. The van der Waals surface area contributed by atoms with E-state index in [9.17, 15) is 4.79 Å². The number of carbonyl (C=O) groups is 1. The van der Waals surface area contributed by atoms with Gasteiger partial charge in [-0.2, -0.15) is 0 Å². The van der Waals surface area contributed by atoms with Crippen LogP contribution in [0.3, 0.4) is 0 Å². The minimum Gasteiger partial charge on any atom is -0.477 e.